The molecule has 1 fully saturated rings. The number of pyridine rings is 1. The van der Waals surface area contributed by atoms with Gasteiger partial charge in [-0.25, -0.2) is 9.97 Å². The molecule has 176 valence electrons. The van der Waals surface area contributed by atoms with Gasteiger partial charge in [0.25, 0.3) is 0 Å². The summed E-state index contributed by atoms with van der Waals surface area (Å²) in [6, 6.07) is 5.69. The Morgan fingerprint density at radius 2 is 2.00 bits per heavy atom. The first-order valence-electron chi connectivity index (χ1n) is 11.0. The van der Waals surface area contributed by atoms with Crippen molar-refractivity contribution in [2.75, 3.05) is 24.6 Å². The van der Waals surface area contributed by atoms with Crippen LogP contribution in [0.15, 0.2) is 35.5 Å². The van der Waals surface area contributed by atoms with Gasteiger partial charge in [0.15, 0.2) is 5.49 Å². The van der Waals surface area contributed by atoms with Crippen LogP contribution >= 0.6 is 0 Å². The number of nitrogens with zero attached hydrogens (tertiary/aromatic N) is 5. The Morgan fingerprint density at radius 1 is 1.24 bits per heavy atom. The molecule has 0 radical (unpaired) electrons. The summed E-state index contributed by atoms with van der Waals surface area (Å²) in [7, 11) is 1.91. The third-order valence-corrected chi connectivity index (χ3v) is 6.24. The van der Waals surface area contributed by atoms with Gasteiger partial charge in [-0.05, 0) is 51.0 Å². The van der Waals surface area contributed by atoms with Crippen LogP contribution in [0.3, 0.4) is 0 Å². The van der Waals surface area contributed by atoms with Crippen molar-refractivity contribution < 1.29 is 17.9 Å². The van der Waals surface area contributed by atoms with E-state index in [4.69, 9.17) is 9.73 Å². The molecule has 33 heavy (non-hydrogen) atoms. The number of morpholine rings is 1. The van der Waals surface area contributed by atoms with Crippen LogP contribution in [0.1, 0.15) is 42.4 Å². The summed E-state index contributed by atoms with van der Waals surface area (Å²) in [6.45, 7) is 9.28. The van der Waals surface area contributed by atoms with E-state index in [0.717, 1.165) is 41.7 Å². The number of ether oxygens (including phenoxy) is 1. The highest BCUT2D eigenvalue weighted by atomic mass is 19.4. The molecule has 2 aromatic heterocycles. The van der Waals surface area contributed by atoms with Crippen molar-refractivity contribution in [1.29, 1.82) is 0 Å². The summed E-state index contributed by atoms with van der Waals surface area (Å²) < 4.78 is 47.8. The number of alkyl halides is 3. The van der Waals surface area contributed by atoms with Gasteiger partial charge in [0.1, 0.15) is 11.6 Å². The Kier molecular flexibility index (Phi) is 6.18. The van der Waals surface area contributed by atoms with Crippen molar-refractivity contribution >= 4 is 16.7 Å². The molecule has 0 bridgehead atoms. The second-order valence-electron chi connectivity index (χ2n) is 8.55. The standard InChI is InChI=1S/C24H28F3N5O/c1-14-13-32(9-10-33-14)22-11-19-21(12-28-22)31(5)17(4)30-23(19)29-16(3)18-7-6-8-20(15(18)2)24(25,26)27/h6-8,11-12,14,16H,9-10,13H2,1-5H3/t14-,16-/m1/s1. The minimum Gasteiger partial charge on any atom is -0.375 e. The molecule has 0 spiro atoms. The predicted octanol–water partition coefficient (Wildman–Crippen LogP) is 4.49. The summed E-state index contributed by atoms with van der Waals surface area (Å²) in [6.07, 6.45) is -2.49. The van der Waals surface area contributed by atoms with Gasteiger partial charge in [-0.1, -0.05) is 12.1 Å². The van der Waals surface area contributed by atoms with E-state index in [1.807, 2.05) is 31.5 Å². The second-order valence-corrected chi connectivity index (χ2v) is 8.55. The summed E-state index contributed by atoms with van der Waals surface area (Å²) in [5, 5.41) is 0.809. The quantitative estimate of drug-likeness (QED) is 0.579. The molecule has 1 saturated heterocycles. The zero-order valence-corrected chi connectivity index (χ0v) is 19.4. The first kappa shape index (κ1) is 23.2. The van der Waals surface area contributed by atoms with Crippen LogP contribution in [0.4, 0.5) is 19.0 Å². The van der Waals surface area contributed by atoms with Crippen LogP contribution in [-0.2, 0) is 18.0 Å². The third-order valence-electron chi connectivity index (χ3n) is 6.24. The maximum absolute atomic E-state index is 13.4. The van der Waals surface area contributed by atoms with E-state index in [1.165, 1.54) is 13.0 Å². The van der Waals surface area contributed by atoms with Gasteiger partial charge in [0.05, 0.1) is 36.0 Å². The fourth-order valence-corrected chi connectivity index (χ4v) is 4.31. The van der Waals surface area contributed by atoms with Gasteiger partial charge >= 0.3 is 6.18 Å². The summed E-state index contributed by atoms with van der Waals surface area (Å²) in [5.41, 5.74) is 1.44. The maximum atomic E-state index is 13.4. The number of benzene rings is 1. The fraction of sp³-hybridized carbons (Fsp3) is 0.458. The average Bonchev–Trinajstić information content (AvgIpc) is 2.76. The minimum absolute atomic E-state index is 0.108. The highest BCUT2D eigenvalue weighted by Crippen LogP contribution is 2.35. The SMILES string of the molecule is Cc1c([C@@H](C)N=c2nc(C)n(C)c3cnc(N4CCO[C@H](C)C4)cc23)cccc1C(F)(F)F. The number of aryl methyl sites for hydroxylation is 2. The monoisotopic (exact) mass is 459 g/mol. The zero-order chi connectivity index (χ0) is 23.9. The molecule has 0 saturated carbocycles. The number of halogens is 3. The van der Waals surface area contributed by atoms with Crippen molar-refractivity contribution in [2.45, 2.75) is 46.0 Å². The van der Waals surface area contributed by atoms with E-state index in [-0.39, 0.29) is 11.7 Å². The van der Waals surface area contributed by atoms with E-state index in [1.54, 1.807) is 19.2 Å². The van der Waals surface area contributed by atoms with Gasteiger partial charge in [-0.2, -0.15) is 13.2 Å². The minimum atomic E-state index is -4.41. The topological polar surface area (TPSA) is 55.5 Å². The molecule has 9 heteroatoms. The van der Waals surface area contributed by atoms with E-state index in [9.17, 15) is 13.2 Å². The highest BCUT2D eigenvalue weighted by Gasteiger charge is 2.33. The molecule has 0 amide bonds. The Bertz CT molecular complexity index is 1250. The third kappa shape index (κ3) is 4.59. The molecule has 0 unspecified atom stereocenters. The molecule has 0 N–H and O–H groups in total. The molecule has 6 nitrogen and oxygen atoms in total. The molecule has 2 atom stereocenters. The van der Waals surface area contributed by atoms with E-state index in [0.29, 0.717) is 17.7 Å². The normalized spacial score (nSPS) is 18.7. The van der Waals surface area contributed by atoms with Crippen LogP contribution in [0.2, 0.25) is 0 Å². The van der Waals surface area contributed by atoms with Crippen LogP contribution < -0.4 is 10.4 Å². The van der Waals surface area contributed by atoms with Gasteiger partial charge in [-0.3, -0.25) is 4.99 Å². The van der Waals surface area contributed by atoms with E-state index < -0.39 is 17.8 Å². The van der Waals surface area contributed by atoms with Crippen LogP contribution in [0, 0.1) is 13.8 Å². The number of hydrogen-bond donors (Lipinski definition) is 0. The Morgan fingerprint density at radius 3 is 2.70 bits per heavy atom. The molecule has 4 rings (SSSR count). The number of rotatable bonds is 3. The first-order valence-corrected chi connectivity index (χ1v) is 11.0. The molecular formula is C24H28F3N5O. The summed E-state index contributed by atoms with van der Waals surface area (Å²) in [4.78, 5) is 16.3. The maximum Gasteiger partial charge on any atom is 0.416 e. The Balaban J connectivity index is 1.84. The molecule has 0 aliphatic carbocycles. The molecule has 3 aromatic rings. The van der Waals surface area contributed by atoms with Gasteiger partial charge in [-0.15, -0.1) is 0 Å². The second kappa shape index (κ2) is 8.78. The van der Waals surface area contributed by atoms with Gasteiger partial charge < -0.3 is 14.2 Å². The predicted molar refractivity (Wildman–Crippen MR) is 121 cm³/mol. The highest BCUT2D eigenvalue weighted by molar-refractivity contribution is 5.80. The molecular weight excluding hydrogens is 431 g/mol. The Hall–Kier alpha value is -2.94. The molecule has 3 heterocycles. The van der Waals surface area contributed by atoms with Crippen molar-refractivity contribution in [1.82, 2.24) is 14.5 Å². The van der Waals surface area contributed by atoms with Crippen molar-refractivity contribution in [3.8, 4) is 0 Å². The van der Waals surface area contributed by atoms with Crippen LogP contribution in [0.5, 0.6) is 0 Å². The smallest absolute Gasteiger partial charge is 0.375 e. The number of anilines is 1. The lowest BCUT2D eigenvalue weighted by Crippen LogP contribution is -2.41. The van der Waals surface area contributed by atoms with E-state index >= 15 is 0 Å². The fourth-order valence-electron chi connectivity index (χ4n) is 4.31. The van der Waals surface area contributed by atoms with Crippen LogP contribution in [0.25, 0.3) is 10.9 Å². The Labute approximate surface area is 190 Å². The number of fused-ring (bicyclic) bond motifs is 1. The van der Waals surface area contributed by atoms with Crippen LogP contribution in [-0.4, -0.2) is 40.3 Å². The molecule has 1 aliphatic rings. The largest absolute Gasteiger partial charge is 0.416 e. The number of hydrogen-bond acceptors (Lipinski definition) is 5. The van der Waals surface area contributed by atoms with Gasteiger partial charge in [0.2, 0.25) is 0 Å². The lowest BCUT2D eigenvalue weighted by atomic mass is 9.97. The number of aromatic nitrogens is 3. The van der Waals surface area contributed by atoms with E-state index in [2.05, 4.69) is 14.9 Å². The lowest BCUT2D eigenvalue weighted by molar-refractivity contribution is -0.138. The molecule has 1 aromatic carbocycles. The van der Waals surface area contributed by atoms with Crippen molar-refractivity contribution in [3.63, 3.8) is 0 Å². The van der Waals surface area contributed by atoms with Crippen molar-refractivity contribution in [2.24, 2.45) is 12.0 Å². The average molecular weight is 460 g/mol. The zero-order valence-electron chi connectivity index (χ0n) is 19.4. The lowest BCUT2D eigenvalue weighted by Gasteiger charge is -2.32. The summed E-state index contributed by atoms with van der Waals surface area (Å²) in [5.74, 6) is 1.55. The summed E-state index contributed by atoms with van der Waals surface area (Å²) >= 11 is 0. The first-order chi connectivity index (χ1) is 15.6. The van der Waals surface area contributed by atoms with Gasteiger partial charge in [0, 0.05) is 25.5 Å². The van der Waals surface area contributed by atoms with Crippen molar-refractivity contribution in [3.05, 3.63) is 58.5 Å². The molecule has 1 aliphatic heterocycles.